The lowest BCUT2D eigenvalue weighted by Crippen LogP contribution is -2.51. The van der Waals surface area contributed by atoms with Crippen LogP contribution in [0, 0.1) is 11.8 Å². The van der Waals surface area contributed by atoms with Crippen LogP contribution in [0.4, 0.5) is 4.79 Å². The average molecular weight is 363 g/mol. The fraction of sp³-hybridized carbons (Fsp3) is 0.400. The molecule has 1 saturated heterocycles. The van der Waals surface area contributed by atoms with Gasteiger partial charge in [0.05, 0.1) is 11.1 Å². The minimum absolute atomic E-state index is 0. The fourth-order valence-corrected chi connectivity index (χ4v) is 2.41. The number of piperazine rings is 1. The van der Waals surface area contributed by atoms with Crippen LogP contribution in [-0.2, 0) is 0 Å². The van der Waals surface area contributed by atoms with Crippen molar-refractivity contribution in [3.8, 4) is 11.8 Å². The number of urea groups is 1. The van der Waals surface area contributed by atoms with Crippen LogP contribution in [0.3, 0.4) is 0 Å². The summed E-state index contributed by atoms with van der Waals surface area (Å²) in [5, 5.41) is 7.16. The summed E-state index contributed by atoms with van der Waals surface area (Å²) in [6.07, 6.45) is 0. The van der Waals surface area contributed by atoms with Gasteiger partial charge in [-0.2, -0.15) is 0 Å². The number of halogens is 3. The van der Waals surface area contributed by atoms with Crippen molar-refractivity contribution in [2.75, 3.05) is 26.2 Å². The standard InChI is InChI=1S/C15H17Cl2N3O.ClH/c1-11(19-15(21)20-8-6-18-7-9-20)2-3-12-4-5-13(16)10-14(12)17;/h4-5,10-11,18H,6-9H2,1H3,(H,19,21);1H. The first-order valence-electron chi connectivity index (χ1n) is 6.79. The fourth-order valence-electron chi connectivity index (χ4n) is 1.96. The van der Waals surface area contributed by atoms with E-state index in [0.29, 0.717) is 15.6 Å². The highest BCUT2D eigenvalue weighted by Gasteiger charge is 2.16. The van der Waals surface area contributed by atoms with Gasteiger partial charge < -0.3 is 15.5 Å². The lowest BCUT2D eigenvalue weighted by atomic mass is 10.2. The molecule has 1 heterocycles. The number of hydrogen-bond donors (Lipinski definition) is 2. The lowest BCUT2D eigenvalue weighted by molar-refractivity contribution is 0.189. The minimum Gasteiger partial charge on any atom is -0.325 e. The van der Waals surface area contributed by atoms with Gasteiger partial charge in [-0.3, -0.25) is 0 Å². The van der Waals surface area contributed by atoms with Crippen molar-refractivity contribution in [2.24, 2.45) is 0 Å². The summed E-state index contributed by atoms with van der Waals surface area (Å²) < 4.78 is 0. The monoisotopic (exact) mass is 361 g/mol. The lowest BCUT2D eigenvalue weighted by Gasteiger charge is -2.28. The maximum atomic E-state index is 12.0. The maximum absolute atomic E-state index is 12.0. The molecule has 1 aromatic rings. The molecule has 7 heteroatoms. The Hall–Kier alpha value is -1.12. The molecule has 4 nitrogen and oxygen atoms in total. The Kier molecular flexibility index (Phi) is 7.84. The van der Waals surface area contributed by atoms with Crippen LogP contribution in [-0.4, -0.2) is 43.2 Å². The Labute approximate surface area is 146 Å². The maximum Gasteiger partial charge on any atom is 0.318 e. The van der Waals surface area contributed by atoms with E-state index in [-0.39, 0.29) is 24.5 Å². The normalized spacial score (nSPS) is 15.1. The van der Waals surface area contributed by atoms with E-state index in [0.717, 1.165) is 26.2 Å². The summed E-state index contributed by atoms with van der Waals surface area (Å²) >= 11 is 11.9. The Bertz CT molecular complexity index is 577. The number of carbonyl (C=O) groups is 1. The first kappa shape index (κ1) is 18.9. The van der Waals surface area contributed by atoms with Crippen molar-refractivity contribution >= 4 is 41.6 Å². The van der Waals surface area contributed by atoms with Crippen molar-refractivity contribution < 1.29 is 4.79 Å². The van der Waals surface area contributed by atoms with Crippen LogP contribution in [0.5, 0.6) is 0 Å². The molecule has 0 radical (unpaired) electrons. The SMILES string of the molecule is CC(C#Cc1ccc(Cl)cc1Cl)NC(=O)N1CCNCC1.Cl. The molecule has 2 N–H and O–H groups in total. The van der Waals surface area contributed by atoms with E-state index >= 15 is 0 Å². The first-order chi connectivity index (χ1) is 10.1. The van der Waals surface area contributed by atoms with Crippen LogP contribution in [0.15, 0.2) is 18.2 Å². The smallest absolute Gasteiger partial charge is 0.318 e. The molecule has 22 heavy (non-hydrogen) atoms. The summed E-state index contributed by atoms with van der Waals surface area (Å²) in [5.41, 5.74) is 0.698. The Morgan fingerprint density at radius 2 is 2.05 bits per heavy atom. The second-order valence-electron chi connectivity index (χ2n) is 4.80. The van der Waals surface area contributed by atoms with E-state index in [1.54, 1.807) is 23.1 Å². The molecule has 1 aliphatic rings. The largest absolute Gasteiger partial charge is 0.325 e. The van der Waals surface area contributed by atoms with Crippen molar-refractivity contribution in [2.45, 2.75) is 13.0 Å². The highest BCUT2D eigenvalue weighted by Crippen LogP contribution is 2.19. The van der Waals surface area contributed by atoms with Crippen molar-refractivity contribution in [3.63, 3.8) is 0 Å². The minimum atomic E-state index is -0.251. The van der Waals surface area contributed by atoms with Gasteiger partial charge >= 0.3 is 6.03 Å². The molecule has 1 atom stereocenters. The van der Waals surface area contributed by atoms with E-state index < -0.39 is 0 Å². The summed E-state index contributed by atoms with van der Waals surface area (Å²) in [4.78, 5) is 13.8. The molecule has 1 aromatic carbocycles. The van der Waals surface area contributed by atoms with Crippen LogP contribution in [0.2, 0.25) is 10.0 Å². The summed E-state index contributed by atoms with van der Waals surface area (Å²) in [7, 11) is 0. The molecular weight excluding hydrogens is 345 g/mol. The van der Waals surface area contributed by atoms with Crippen LogP contribution < -0.4 is 10.6 Å². The number of nitrogens with zero attached hydrogens (tertiary/aromatic N) is 1. The zero-order valence-electron chi connectivity index (χ0n) is 12.2. The third-order valence-electron chi connectivity index (χ3n) is 3.10. The van der Waals surface area contributed by atoms with Gasteiger partial charge in [-0.05, 0) is 25.1 Å². The number of hydrogen-bond acceptors (Lipinski definition) is 2. The number of nitrogens with one attached hydrogen (secondary N) is 2. The molecule has 120 valence electrons. The van der Waals surface area contributed by atoms with E-state index in [1.165, 1.54) is 0 Å². The van der Waals surface area contributed by atoms with Crippen molar-refractivity contribution in [3.05, 3.63) is 33.8 Å². The molecule has 2 amide bonds. The van der Waals surface area contributed by atoms with Crippen LogP contribution in [0.1, 0.15) is 12.5 Å². The van der Waals surface area contributed by atoms with Gasteiger partial charge in [-0.1, -0.05) is 35.0 Å². The summed E-state index contributed by atoms with van der Waals surface area (Å²) in [6, 6.07) is 4.82. The van der Waals surface area contributed by atoms with E-state index in [1.807, 2.05) is 6.92 Å². The third-order valence-corrected chi connectivity index (χ3v) is 3.65. The molecular formula is C15H18Cl3N3O. The molecule has 0 aromatic heterocycles. The Morgan fingerprint density at radius 1 is 1.36 bits per heavy atom. The number of rotatable bonds is 1. The van der Waals surface area contributed by atoms with E-state index in [9.17, 15) is 4.79 Å². The summed E-state index contributed by atoms with van der Waals surface area (Å²) in [5.74, 6) is 5.94. The molecule has 0 spiro atoms. The van der Waals surface area contributed by atoms with Crippen molar-refractivity contribution in [1.29, 1.82) is 0 Å². The summed E-state index contributed by atoms with van der Waals surface area (Å²) in [6.45, 7) is 4.93. The van der Waals surface area contributed by atoms with Crippen molar-refractivity contribution in [1.82, 2.24) is 15.5 Å². The Morgan fingerprint density at radius 3 is 2.68 bits per heavy atom. The molecule has 1 aliphatic heterocycles. The van der Waals surface area contributed by atoms with Gasteiger partial charge in [-0.25, -0.2) is 4.79 Å². The Balaban J connectivity index is 0.00000242. The number of benzene rings is 1. The molecule has 1 unspecified atom stereocenters. The van der Waals surface area contributed by atoms with Gasteiger partial charge in [0, 0.05) is 36.8 Å². The molecule has 0 aliphatic carbocycles. The van der Waals surface area contributed by atoms with E-state index in [4.69, 9.17) is 23.2 Å². The molecule has 0 saturated carbocycles. The highest BCUT2D eigenvalue weighted by atomic mass is 35.5. The second-order valence-corrected chi connectivity index (χ2v) is 5.65. The zero-order valence-corrected chi connectivity index (χ0v) is 14.5. The quantitative estimate of drug-likeness (QED) is 0.755. The molecule has 2 rings (SSSR count). The third kappa shape index (κ3) is 5.58. The predicted octanol–water partition coefficient (Wildman–Crippen LogP) is 2.77. The van der Waals surface area contributed by atoms with Gasteiger partial charge in [0.25, 0.3) is 0 Å². The number of carbonyl (C=O) groups excluding carboxylic acids is 1. The topological polar surface area (TPSA) is 44.4 Å². The zero-order chi connectivity index (χ0) is 15.2. The van der Waals surface area contributed by atoms with Gasteiger partial charge in [0.15, 0.2) is 0 Å². The first-order valence-corrected chi connectivity index (χ1v) is 7.54. The van der Waals surface area contributed by atoms with E-state index in [2.05, 4.69) is 22.5 Å². The average Bonchev–Trinajstić information content (AvgIpc) is 2.47. The second kappa shape index (κ2) is 9.12. The van der Waals surface area contributed by atoms with Gasteiger partial charge in [0.2, 0.25) is 0 Å². The predicted molar refractivity (Wildman–Crippen MR) is 93.0 cm³/mol. The van der Waals surface area contributed by atoms with Gasteiger partial charge in [0.1, 0.15) is 0 Å². The molecule has 1 fully saturated rings. The molecule has 0 bridgehead atoms. The highest BCUT2D eigenvalue weighted by molar-refractivity contribution is 6.35. The van der Waals surface area contributed by atoms with Crippen LogP contribution >= 0.6 is 35.6 Å². The van der Waals surface area contributed by atoms with Crippen LogP contribution in [0.25, 0.3) is 0 Å². The van der Waals surface area contributed by atoms with Gasteiger partial charge in [-0.15, -0.1) is 12.4 Å². The number of amides is 2.